The van der Waals surface area contributed by atoms with Crippen LogP contribution in [0.5, 0.6) is 0 Å². The second kappa shape index (κ2) is 6.53. The molecule has 1 aromatic carbocycles. The molecule has 0 radical (unpaired) electrons. The predicted molar refractivity (Wildman–Crippen MR) is 79.8 cm³/mol. The third-order valence-electron chi connectivity index (χ3n) is 2.96. The molecule has 0 bridgehead atoms. The Morgan fingerprint density at radius 3 is 2.85 bits per heavy atom. The molecule has 2 aromatic rings. The second-order valence-corrected chi connectivity index (χ2v) is 4.50. The number of hydrogen-bond acceptors (Lipinski definition) is 5. The monoisotopic (exact) mass is 267 g/mol. The molecule has 1 unspecified atom stereocenters. The van der Waals surface area contributed by atoms with Gasteiger partial charge in [-0.1, -0.05) is 19.1 Å². The van der Waals surface area contributed by atoms with Crippen LogP contribution in [0, 0.1) is 11.3 Å². The summed E-state index contributed by atoms with van der Waals surface area (Å²) in [4.78, 5) is 8.56. The fourth-order valence-electron chi connectivity index (χ4n) is 1.66. The molecule has 20 heavy (non-hydrogen) atoms. The van der Waals surface area contributed by atoms with Gasteiger partial charge in [-0.3, -0.25) is 0 Å². The van der Waals surface area contributed by atoms with E-state index >= 15 is 0 Å². The van der Waals surface area contributed by atoms with Crippen molar-refractivity contribution in [2.24, 2.45) is 0 Å². The van der Waals surface area contributed by atoms with Gasteiger partial charge in [0.1, 0.15) is 11.9 Å². The van der Waals surface area contributed by atoms with Crippen molar-refractivity contribution in [3.63, 3.8) is 0 Å². The van der Waals surface area contributed by atoms with Gasteiger partial charge in [-0.05, 0) is 31.5 Å². The predicted octanol–water partition coefficient (Wildman–Crippen LogP) is 3.30. The fraction of sp³-hybridized carbons (Fsp3) is 0.267. The molecule has 1 atom stereocenters. The zero-order chi connectivity index (χ0) is 14.4. The Morgan fingerprint density at radius 1 is 1.30 bits per heavy atom. The molecule has 1 aromatic heterocycles. The van der Waals surface area contributed by atoms with Gasteiger partial charge in [0.25, 0.3) is 0 Å². The SMILES string of the molecule is CCC(C)Nc1ccnc(Nc2ccccc2C#N)n1. The van der Waals surface area contributed by atoms with Gasteiger partial charge in [0.2, 0.25) is 5.95 Å². The van der Waals surface area contributed by atoms with Crippen molar-refractivity contribution in [1.82, 2.24) is 9.97 Å². The summed E-state index contributed by atoms with van der Waals surface area (Å²) in [7, 11) is 0. The Balaban J connectivity index is 2.18. The summed E-state index contributed by atoms with van der Waals surface area (Å²) in [6.45, 7) is 4.21. The molecule has 0 aliphatic rings. The van der Waals surface area contributed by atoms with E-state index in [1.165, 1.54) is 0 Å². The van der Waals surface area contributed by atoms with Crippen LogP contribution in [0.15, 0.2) is 36.5 Å². The lowest BCUT2D eigenvalue weighted by Gasteiger charge is -2.13. The molecule has 102 valence electrons. The van der Waals surface area contributed by atoms with Crippen molar-refractivity contribution in [3.8, 4) is 6.07 Å². The van der Waals surface area contributed by atoms with Crippen LogP contribution in [0.25, 0.3) is 0 Å². The standard InChI is InChI=1S/C15H17N5/c1-3-11(2)18-14-8-9-17-15(20-14)19-13-7-5-4-6-12(13)10-16/h4-9,11H,3H2,1-2H3,(H2,17,18,19,20). The molecule has 2 rings (SSSR count). The van der Waals surface area contributed by atoms with Crippen molar-refractivity contribution in [2.75, 3.05) is 10.6 Å². The molecule has 5 nitrogen and oxygen atoms in total. The topological polar surface area (TPSA) is 73.6 Å². The average Bonchev–Trinajstić information content (AvgIpc) is 2.48. The van der Waals surface area contributed by atoms with E-state index in [0.717, 1.165) is 12.2 Å². The zero-order valence-electron chi connectivity index (χ0n) is 11.6. The van der Waals surface area contributed by atoms with Gasteiger partial charge in [-0.25, -0.2) is 4.98 Å². The van der Waals surface area contributed by atoms with Gasteiger partial charge >= 0.3 is 0 Å². The van der Waals surface area contributed by atoms with Crippen LogP contribution in [0.4, 0.5) is 17.5 Å². The van der Waals surface area contributed by atoms with Gasteiger partial charge in [0.05, 0.1) is 11.3 Å². The number of nitrogens with zero attached hydrogens (tertiary/aromatic N) is 3. The summed E-state index contributed by atoms with van der Waals surface area (Å²) in [5, 5.41) is 15.4. The molecule has 0 aliphatic carbocycles. The van der Waals surface area contributed by atoms with Crippen LogP contribution in [-0.2, 0) is 0 Å². The molecular formula is C15H17N5. The van der Waals surface area contributed by atoms with Crippen LogP contribution >= 0.6 is 0 Å². The first kappa shape index (κ1) is 13.8. The van der Waals surface area contributed by atoms with Gasteiger partial charge in [-0.15, -0.1) is 0 Å². The minimum absolute atomic E-state index is 0.351. The van der Waals surface area contributed by atoms with E-state index in [1.54, 1.807) is 12.3 Å². The van der Waals surface area contributed by atoms with Crippen LogP contribution in [-0.4, -0.2) is 16.0 Å². The van der Waals surface area contributed by atoms with E-state index in [2.05, 4.69) is 40.5 Å². The number of para-hydroxylation sites is 1. The number of rotatable bonds is 5. The molecule has 0 spiro atoms. The van der Waals surface area contributed by atoms with Crippen molar-refractivity contribution >= 4 is 17.5 Å². The Bertz CT molecular complexity index is 618. The Morgan fingerprint density at radius 2 is 2.10 bits per heavy atom. The maximum Gasteiger partial charge on any atom is 0.229 e. The molecule has 0 aliphatic heterocycles. The minimum Gasteiger partial charge on any atom is -0.367 e. The highest BCUT2D eigenvalue weighted by molar-refractivity contribution is 5.63. The summed E-state index contributed by atoms with van der Waals surface area (Å²) in [6.07, 6.45) is 2.71. The highest BCUT2D eigenvalue weighted by Crippen LogP contribution is 2.18. The van der Waals surface area contributed by atoms with Crippen LogP contribution in [0.2, 0.25) is 0 Å². The van der Waals surface area contributed by atoms with Crippen LogP contribution in [0.1, 0.15) is 25.8 Å². The largest absolute Gasteiger partial charge is 0.367 e. The smallest absolute Gasteiger partial charge is 0.229 e. The van der Waals surface area contributed by atoms with Gasteiger partial charge in [0, 0.05) is 12.2 Å². The first-order valence-electron chi connectivity index (χ1n) is 6.58. The third-order valence-corrected chi connectivity index (χ3v) is 2.96. The summed E-state index contributed by atoms with van der Waals surface area (Å²) < 4.78 is 0. The number of anilines is 3. The molecule has 1 heterocycles. The minimum atomic E-state index is 0.351. The molecule has 5 heteroatoms. The lowest BCUT2D eigenvalue weighted by atomic mass is 10.2. The Kier molecular flexibility index (Phi) is 4.51. The maximum atomic E-state index is 9.06. The number of benzene rings is 1. The first-order chi connectivity index (χ1) is 9.72. The second-order valence-electron chi connectivity index (χ2n) is 4.50. The van der Waals surface area contributed by atoms with Gasteiger partial charge in [0.15, 0.2) is 0 Å². The van der Waals surface area contributed by atoms with E-state index in [1.807, 2.05) is 24.3 Å². The average molecular weight is 267 g/mol. The number of nitriles is 1. The Hall–Kier alpha value is -2.61. The van der Waals surface area contributed by atoms with E-state index in [4.69, 9.17) is 5.26 Å². The molecular weight excluding hydrogens is 250 g/mol. The lowest BCUT2D eigenvalue weighted by Crippen LogP contribution is -2.15. The van der Waals surface area contributed by atoms with E-state index in [9.17, 15) is 0 Å². The summed E-state index contributed by atoms with van der Waals surface area (Å²) in [5.74, 6) is 1.24. The number of aromatic nitrogens is 2. The Labute approximate surface area is 118 Å². The van der Waals surface area contributed by atoms with E-state index < -0.39 is 0 Å². The molecule has 0 amide bonds. The van der Waals surface area contributed by atoms with Crippen molar-refractivity contribution < 1.29 is 0 Å². The fourth-order valence-corrected chi connectivity index (χ4v) is 1.66. The normalized spacial score (nSPS) is 11.4. The third kappa shape index (κ3) is 3.45. The van der Waals surface area contributed by atoms with Crippen molar-refractivity contribution in [3.05, 3.63) is 42.1 Å². The quantitative estimate of drug-likeness (QED) is 0.869. The van der Waals surface area contributed by atoms with Gasteiger partial charge in [-0.2, -0.15) is 10.2 Å². The summed E-state index contributed by atoms with van der Waals surface area (Å²) in [6, 6.07) is 11.6. The summed E-state index contributed by atoms with van der Waals surface area (Å²) in [5.41, 5.74) is 1.27. The number of nitrogens with one attached hydrogen (secondary N) is 2. The molecule has 0 saturated carbocycles. The zero-order valence-corrected chi connectivity index (χ0v) is 11.6. The summed E-state index contributed by atoms with van der Waals surface area (Å²) >= 11 is 0. The van der Waals surface area contributed by atoms with Crippen molar-refractivity contribution in [2.45, 2.75) is 26.3 Å². The van der Waals surface area contributed by atoms with Crippen LogP contribution < -0.4 is 10.6 Å². The van der Waals surface area contributed by atoms with E-state index in [-0.39, 0.29) is 0 Å². The first-order valence-corrected chi connectivity index (χ1v) is 6.58. The maximum absolute atomic E-state index is 9.06. The molecule has 0 saturated heterocycles. The molecule has 0 fully saturated rings. The highest BCUT2D eigenvalue weighted by Gasteiger charge is 2.05. The van der Waals surface area contributed by atoms with Crippen LogP contribution in [0.3, 0.4) is 0 Å². The van der Waals surface area contributed by atoms with Gasteiger partial charge < -0.3 is 10.6 Å². The lowest BCUT2D eigenvalue weighted by molar-refractivity contribution is 0.758. The molecule has 2 N–H and O–H groups in total. The van der Waals surface area contributed by atoms with Crippen molar-refractivity contribution in [1.29, 1.82) is 5.26 Å². The number of hydrogen-bond donors (Lipinski definition) is 2. The van der Waals surface area contributed by atoms with E-state index in [0.29, 0.717) is 23.2 Å². The highest BCUT2D eigenvalue weighted by atomic mass is 15.1.